The maximum atomic E-state index is 13.5. The molecule has 0 aliphatic rings. The lowest BCUT2D eigenvalue weighted by Gasteiger charge is -2.17. The Kier molecular flexibility index (Phi) is 9.42. The predicted octanol–water partition coefficient (Wildman–Crippen LogP) is 3.66. The molecule has 0 aliphatic carbocycles. The average molecular weight is 296 g/mol. The van der Waals surface area contributed by atoms with Crippen molar-refractivity contribution < 1.29 is 8.78 Å². The van der Waals surface area contributed by atoms with Gasteiger partial charge in [0.1, 0.15) is 11.6 Å². The summed E-state index contributed by atoms with van der Waals surface area (Å²) < 4.78 is 26.3. The van der Waals surface area contributed by atoms with Gasteiger partial charge in [0.15, 0.2) is 0 Å². The molecular weight excluding hydrogens is 276 g/mol. The highest BCUT2D eigenvalue weighted by atomic mass is 35.5. The first-order valence-corrected chi connectivity index (χ1v) is 7.07. The lowest BCUT2D eigenvalue weighted by Crippen LogP contribution is -2.33. The number of hydrogen-bond acceptors (Lipinski definition) is 2. The van der Waals surface area contributed by atoms with Crippen molar-refractivity contribution in [3.05, 3.63) is 35.4 Å². The maximum Gasteiger partial charge on any atom is 0.129 e. The summed E-state index contributed by atoms with van der Waals surface area (Å²) in [6, 6.07) is 4.04. The van der Waals surface area contributed by atoms with Gasteiger partial charge in [-0.15, -0.1) is 12.4 Å². The number of thioether (sulfide) groups is 1. The van der Waals surface area contributed by atoms with E-state index in [9.17, 15) is 8.78 Å². The lowest BCUT2D eigenvalue weighted by atomic mass is 10.1. The summed E-state index contributed by atoms with van der Waals surface area (Å²) >= 11 is 1.83. The number of hydrogen-bond donors (Lipinski definition) is 1. The van der Waals surface area contributed by atoms with E-state index in [1.807, 2.05) is 18.7 Å². The molecule has 0 fully saturated rings. The highest BCUT2D eigenvalue weighted by Gasteiger charge is 2.11. The SMILES string of the molecule is CCNC(CSCC)Cc1ccc(F)cc1F.Cl. The van der Waals surface area contributed by atoms with Crippen LogP contribution in [-0.4, -0.2) is 24.1 Å². The summed E-state index contributed by atoms with van der Waals surface area (Å²) in [5.74, 6) is 1.03. The first-order chi connectivity index (χ1) is 8.17. The number of rotatable bonds is 7. The van der Waals surface area contributed by atoms with Gasteiger partial charge in [0, 0.05) is 17.9 Å². The Morgan fingerprint density at radius 3 is 2.56 bits per heavy atom. The van der Waals surface area contributed by atoms with Crippen LogP contribution in [-0.2, 0) is 6.42 Å². The Balaban J connectivity index is 0.00000289. The molecule has 1 aromatic rings. The number of likely N-dealkylation sites (N-methyl/N-ethyl adjacent to an activating group) is 1. The summed E-state index contributed by atoms with van der Waals surface area (Å²) in [6.45, 7) is 4.99. The normalized spacial score (nSPS) is 12.0. The summed E-state index contributed by atoms with van der Waals surface area (Å²) in [5, 5.41) is 3.33. The zero-order valence-electron chi connectivity index (χ0n) is 10.7. The molecule has 0 saturated carbocycles. The van der Waals surface area contributed by atoms with Gasteiger partial charge in [-0.3, -0.25) is 0 Å². The molecule has 0 spiro atoms. The molecule has 1 aromatic carbocycles. The minimum atomic E-state index is -0.519. The van der Waals surface area contributed by atoms with Gasteiger partial charge >= 0.3 is 0 Å². The third kappa shape index (κ3) is 6.03. The molecule has 1 atom stereocenters. The molecular formula is C13H20ClF2NS. The van der Waals surface area contributed by atoms with Gasteiger partial charge < -0.3 is 5.32 Å². The second kappa shape index (κ2) is 9.59. The van der Waals surface area contributed by atoms with Crippen LogP contribution in [0, 0.1) is 11.6 Å². The molecule has 1 unspecified atom stereocenters. The summed E-state index contributed by atoms with van der Waals surface area (Å²) in [4.78, 5) is 0. The number of nitrogens with one attached hydrogen (secondary N) is 1. The van der Waals surface area contributed by atoms with E-state index >= 15 is 0 Å². The Morgan fingerprint density at radius 1 is 1.28 bits per heavy atom. The van der Waals surface area contributed by atoms with Gasteiger partial charge in [-0.1, -0.05) is 19.9 Å². The minimum absolute atomic E-state index is 0. The highest BCUT2D eigenvalue weighted by Crippen LogP contribution is 2.14. The average Bonchev–Trinajstić information content (AvgIpc) is 2.29. The topological polar surface area (TPSA) is 12.0 Å². The van der Waals surface area contributed by atoms with Crippen molar-refractivity contribution in [2.75, 3.05) is 18.1 Å². The van der Waals surface area contributed by atoms with E-state index < -0.39 is 11.6 Å². The molecule has 1 nitrogen and oxygen atoms in total. The Labute approximate surface area is 118 Å². The van der Waals surface area contributed by atoms with Crippen molar-refractivity contribution in [3.8, 4) is 0 Å². The molecule has 1 rings (SSSR count). The Hall–Kier alpha value is -0.320. The maximum absolute atomic E-state index is 13.5. The predicted molar refractivity (Wildman–Crippen MR) is 77.8 cm³/mol. The van der Waals surface area contributed by atoms with Crippen LogP contribution >= 0.6 is 24.2 Å². The molecule has 0 bridgehead atoms. The second-order valence-corrected chi connectivity index (χ2v) is 5.17. The molecule has 0 aromatic heterocycles. The van der Waals surface area contributed by atoms with E-state index in [1.165, 1.54) is 12.1 Å². The number of benzene rings is 1. The van der Waals surface area contributed by atoms with Crippen LogP contribution in [0.15, 0.2) is 18.2 Å². The molecule has 0 heterocycles. The summed E-state index contributed by atoms with van der Waals surface area (Å²) in [7, 11) is 0. The number of halogens is 3. The summed E-state index contributed by atoms with van der Waals surface area (Å²) in [5.41, 5.74) is 0.578. The minimum Gasteiger partial charge on any atom is -0.313 e. The van der Waals surface area contributed by atoms with Gasteiger partial charge in [-0.2, -0.15) is 11.8 Å². The first kappa shape index (κ1) is 17.7. The molecule has 0 aliphatic heterocycles. The van der Waals surface area contributed by atoms with Crippen LogP contribution in [0.25, 0.3) is 0 Å². The van der Waals surface area contributed by atoms with Crippen molar-refractivity contribution in [1.29, 1.82) is 0 Å². The second-order valence-electron chi connectivity index (χ2n) is 3.85. The zero-order chi connectivity index (χ0) is 12.7. The van der Waals surface area contributed by atoms with Gasteiger partial charge in [0.05, 0.1) is 0 Å². The van der Waals surface area contributed by atoms with E-state index in [1.54, 1.807) is 0 Å². The van der Waals surface area contributed by atoms with Crippen LogP contribution in [0.4, 0.5) is 8.78 Å². The van der Waals surface area contributed by atoms with Crippen LogP contribution < -0.4 is 5.32 Å². The van der Waals surface area contributed by atoms with E-state index in [0.717, 1.165) is 24.1 Å². The van der Waals surface area contributed by atoms with Crippen LogP contribution in [0.2, 0.25) is 0 Å². The van der Waals surface area contributed by atoms with Crippen LogP contribution in [0.3, 0.4) is 0 Å². The third-order valence-electron chi connectivity index (χ3n) is 2.50. The molecule has 0 radical (unpaired) electrons. The molecule has 0 amide bonds. The third-order valence-corrected chi connectivity index (χ3v) is 3.54. The molecule has 1 N–H and O–H groups in total. The summed E-state index contributed by atoms with van der Waals surface area (Å²) in [6.07, 6.45) is 0.604. The van der Waals surface area contributed by atoms with Crippen molar-refractivity contribution >= 4 is 24.2 Å². The quantitative estimate of drug-likeness (QED) is 0.824. The highest BCUT2D eigenvalue weighted by molar-refractivity contribution is 7.99. The molecule has 0 saturated heterocycles. The molecule has 104 valence electrons. The lowest BCUT2D eigenvalue weighted by molar-refractivity contribution is 0.535. The van der Waals surface area contributed by atoms with E-state index in [4.69, 9.17) is 0 Å². The fraction of sp³-hybridized carbons (Fsp3) is 0.538. The van der Waals surface area contributed by atoms with E-state index in [-0.39, 0.29) is 18.4 Å². The van der Waals surface area contributed by atoms with Gasteiger partial charge in [-0.25, -0.2) is 8.78 Å². The monoisotopic (exact) mass is 295 g/mol. The fourth-order valence-electron chi connectivity index (χ4n) is 1.69. The largest absolute Gasteiger partial charge is 0.313 e. The van der Waals surface area contributed by atoms with E-state index in [2.05, 4.69) is 12.2 Å². The fourth-order valence-corrected chi connectivity index (χ4v) is 2.45. The van der Waals surface area contributed by atoms with Crippen LogP contribution in [0.1, 0.15) is 19.4 Å². The standard InChI is InChI=1S/C13H19F2NS.ClH/c1-3-16-12(9-17-4-2)7-10-5-6-11(14)8-13(10)15;/h5-6,8,12,16H,3-4,7,9H2,1-2H3;1H. The molecule has 5 heteroatoms. The molecule has 18 heavy (non-hydrogen) atoms. The van der Waals surface area contributed by atoms with Crippen LogP contribution in [0.5, 0.6) is 0 Å². The van der Waals surface area contributed by atoms with E-state index in [0.29, 0.717) is 12.0 Å². The van der Waals surface area contributed by atoms with Crippen molar-refractivity contribution in [2.24, 2.45) is 0 Å². The van der Waals surface area contributed by atoms with Gasteiger partial charge in [0.2, 0.25) is 0 Å². The smallest absolute Gasteiger partial charge is 0.129 e. The van der Waals surface area contributed by atoms with Crippen molar-refractivity contribution in [3.63, 3.8) is 0 Å². The Morgan fingerprint density at radius 2 is 2.00 bits per heavy atom. The van der Waals surface area contributed by atoms with Crippen molar-refractivity contribution in [1.82, 2.24) is 5.32 Å². The zero-order valence-corrected chi connectivity index (χ0v) is 12.3. The van der Waals surface area contributed by atoms with Gasteiger partial charge in [-0.05, 0) is 30.3 Å². The Bertz CT molecular complexity index is 350. The first-order valence-electron chi connectivity index (χ1n) is 5.92. The van der Waals surface area contributed by atoms with Gasteiger partial charge in [0.25, 0.3) is 0 Å². The van der Waals surface area contributed by atoms with Crippen molar-refractivity contribution in [2.45, 2.75) is 26.3 Å².